The van der Waals surface area contributed by atoms with Gasteiger partial charge in [-0.05, 0) is 89.9 Å². The van der Waals surface area contributed by atoms with Gasteiger partial charge in [-0.3, -0.25) is 10.2 Å². The highest BCUT2D eigenvalue weighted by Gasteiger charge is 2.17. The van der Waals surface area contributed by atoms with Crippen LogP contribution in [0.5, 0.6) is 0 Å². The van der Waals surface area contributed by atoms with Crippen molar-refractivity contribution in [1.82, 2.24) is 24.9 Å². The minimum Gasteiger partial charge on any atom is -0.376 e. The molecule has 1 amide bonds. The third kappa shape index (κ3) is 7.01. The smallest absolute Gasteiger partial charge is 0.239 e. The number of fused-ring (bicyclic) bond motifs is 1. The number of aromatic nitrogens is 4. The number of carbonyl (C=O) groups excluding carboxylic acids is 1. The van der Waals surface area contributed by atoms with E-state index in [9.17, 15) is 4.79 Å². The van der Waals surface area contributed by atoms with Gasteiger partial charge in [-0.25, -0.2) is 14.5 Å². The van der Waals surface area contributed by atoms with Crippen molar-refractivity contribution in [2.75, 3.05) is 18.4 Å². The summed E-state index contributed by atoms with van der Waals surface area (Å²) in [5, 5.41) is 19.3. The lowest BCUT2D eigenvalue weighted by Gasteiger charge is -2.19. The molecule has 3 N–H and O–H groups in total. The topological polar surface area (TPSA) is 108 Å². The monoisotopic (exact) mass is 601 g/mol. The van der Waals surface area contributed by atoms with Crippen LogP contribution in [-0.2, 0) is 4.79 Å². The van der Waals surface area contributed by atoms with Gasteiger partial charge in [0.25, 0.3) is 0 Å². The molecule has 3 aromatic heterocycles. The van der Waals surface area contributed by atoms with Crippen LogP contribution in [0.25, 0.3) is 16.8 Å². The van der Waals surface area contributed by atoms with Crippen LogP contribution in [0.4, 0.5) is 5.69 Å². The van der Waals surface area contributed by atoms with Gasteiger partial charge in [0.15, 0.2) is 5.65 Å². The Labute approximate surface area is 244 Å². The molecule has 8 nitrogen and oxygen atoms in total. The Hall–Kier alpha value is -3.85. The fraction of sp³-hybridized carbons (Fsp3) is 0.323. The Morgan fingerprint density at radius 3 is 2.67 bits per heavy atom. The molecule has 0 bridgehead atoms. The number of benzene rings is 1. The van der Waals surface area contributed by atoms with E-state index in [1.807, 2.05) is 43.5 Å². The number of nitrogens with zero attached hydrogens (tertiary/aromatic N) is 4. The highest BCUT2D eigenvalue weighted by atomic mass is 79.9. The van der Waals surface area contributed by atoms with Gasteiger partial charge >= 0.3 is 0 Å². The zero-order valence-electron chi connectivity index (χ0n) is 23.7. The maximum atomic E-state index is 12.7. The number of anilines is 1. The summed E-state index contributed by atoms with van der Waals surface area (Å²) in [6.45, 7) is 14.8. The van der Waals surface area contributed by atoms with Gasteiger partial charge in [0.1, 0.15) is 4.60 Å². The van der Waals surface area contributed by atoms with Crippen molar-refractivity contribution in [2.24, 2.45) is 5.92 Å². The molecule has 2 atom stereocenters. The summed E-state index contributed by atoms with van der Waals surface area (Å²) in [6.07, 6.45) is 4.64. The minimum atomic E-state index is -0.100. The molecule has 40 heavy (non-hydrogen) atoms. The predicted octanol–water partition coefficient (Wildman–Crippen LogP) is 6.47. The molecule has 0 spiro atoms. The molecule has 4 aromatic rings. The molecule has 0 radical (unpaired) electrons. The summed E-state index contributed by atoms with van der Waals surface area (Å²) in [5.41, 5.74) is 8.04. The number of hydrogen-bond donors (Lipinski definition) is 3. The summed E-state index contributed by atoms with van der Waals surface area (Å²) in [4.78, 5) is 21.9. The van der Waals surface area contributed by atoms with E-state index in [2.05, 4.69) is 75.0 Å². The molecule has 3 heterocycles. The van der Waals surface area contributed by atoms with Crippen molar-refractivity contribution < 1.29 is 4.79 Å². The maximum Gasteiger partial charge on any atom is 0.239 e. The van der Waals surface area contributed by atoms with E-state index in [1.54, 1.807) is 17.6 Å². The van der Waals surface area contributed by atoms with Gasteiger partial charge in [0.2, 0.25) is 5.91 Å². The zero-order chi connectivity index (χ0) is 29.0. The normalized spacial score (nSPS) is 12.7. The summed E-state index contributed by atoms with van der Waals surface area (Å²) in [6, 6.07) is 11.7. The number of pyridine rings is 1. The first-order valence-corrected chi connectivity index (χ1v) is 14.2. The number of amides is 1. The van der Waals surface area contributed by atoms with Crippen molar-refractivity contribution in [1.29, 1.82) is 5.41 Å². The Balaban J connectivity index is 1.39. The largest absolute Gasteiger partial charge is 0.376 e. The summed E-state index contributed by atoms with van der Waals surface area (Å²) < 4.78 is 2.59. The molecule has 0 fully saturated rings. The second kappa shape index (κ2) is 12.6. The number of allylic oxidation sites excluding steroid dienone is 1. The number of carbonyl (C=O) groups is 1. The van der Waals surface area contributed by atoms with Gasteiger partial charge in [0.05, 0.1) is 18.0 Å². The van der Waals surface area contributed by atoms with E-state index in [1.165, 1.54) is 5.56 Å². The number of nitrogens with one attached hydrogen (secondary N) is 3. The summed E-state index contributed by atoms with van der Waals surface area (Å²) >= 11 is 3.46. The van der Waals surface area contributed by atoms with Crippen LogP contribution < -0.4 is 10.6 Å². The Bertz CT molecular complexity index is 1580. The average Bonchev–Trinajstić information content (AvgIpc) is 3.30. The Morgan fingerprint density at radius 2 is 1.93 bits per heavy atom. The fourth-order valence-electron chi connectivity index (χ4n) is 4.80. The van der Waals surface area contributed by atoms with E-state index in [0.29, 0.717) is 29.1 Å². The third-order valence-electron chi connectivity index (χ3n) is 6.90. The minimum absolute atomic E-state index is 0.100. The molecule has 208 valence electrons. The van der Waals surface area contributed by atoms with Crippen molar-refractivity contribution in [3.05, 3.63) is 88.1 Å². The molecule has 0 aliphatic heterocycles. The van der Waals surface area contributed by atoms with E-state index in [4.69, 9.17) is 5.41 Å². The first-order valence-electron chi connectivity index (χ1n) is 13.4. The van der Waals surface area contributed by atoms with Crippen LogP contribution in [-0.4, -0.2) is 44.3 Å². The molecule has 0 saturated carbocycles. The van der Waals surface area contributed by atoms with Crippen molar-refractivity contribution in [2.45, 2.75) is 47.0 Å². The molecule has 9 heteroatoms. The molecule has 2 unspecified atom stereocenters. The second-order valence-corrected chi connectivity index (χ2v) is 11.4. The first kappa shape index (κ1) is 29.1. The van der Waals surface area contributed by atoms with Crippen LogP contribution in [0.15, 0.2) is 65.5 Å². The van der Waals surface area contributed by atoms with Crippen LogP contribution >= 0.6 is 15.9 Å². The van der Waals surface area contributed by atoms with Crippen molar-refractivity contribution in [3.8, 4) is 11.1 Å². The van der Waals surface area contributed by atoms with Crippen molar-refractivity contribution >= 4 is 38.9 Å². The fourth-order valence-corrected chi connectivity index (χ4v) is 5.13. The molecule has 0 aliphatic rings. The second-order valence-electron chi connectivity index (χ2n) is 10.6. The van der Waals surface area contributed by atoms with E-state index in [-0.39, 0.29) is 24.3 Å². The Morgan fingerprint density at radius 1 is 1.15 bits per heavy atom. The molecule has 0 aliphatic carbocycles. The molecule has 4 rings (SSSR count). The maximum absolute atomic E-state index is 12.7. The van der Waals surface area contributed by atoms with Crippen LogP contribution in [0.1, 0.15) is 55.6 Å². The number of halogens is 1. The number of hydrogen-bond acceptors (Lipinski definition) is 6. The first-order chi connectivity index (χ1) is 19.0. The van der Waals surface area contributed by atoms with Gasteiger partial charge in [0, 0.05) is 47.5 Å². The van der Waals surface area contributed by atoms with Gasteiger partial charge in [-0.15, -0.1) is 0 Å². The molecule has 0 saturated heterocycles. The highest BCUT2D eigenvalue weighted by Crippen LogP contribution is 2.28. The molecular formula is C31H36BrN7O. The lowest BCUT2D eigenvalue weighted by Crippen LogP contribution is -2.33. The quantitative estimate of drug-likeness (QED) is 0.135. The lowest BCUT2D eigenvalue weighted by atomic mass is 9.92. The van der Waals surface area contributed by atoms with E-state index < -0.39 is 0 Å². The number of rotatable bonds is 11. The SMILES string of the molecule is C=C(C)C(=N)c1cc(-c2cnc3cc(C)nn3c2)ccc1NCC(=O)NCC(C)CC(C)c1nc(Br)ccc1C. The summed E-state index contributed by atoms with van der Waals surface area (Å²) in [5.74, 6) is 0.469. The average molecular weight is 603 g/mol. The lowest BCUT2D eigenvalue weighted by molar-refractivity contribution is -0.119. The Kier molecular flexibility index (Phi) is 9.14. The molecular weight excluding hydrogens is 566 g/mol. The standard InChI is InChI=1S/C31H36BrN7O/c1-18(2)30(33)25-13-23(24-15-35-28-12-22(6)38-39(28)17-24)8-9-26(25)34-16-29(40)36-14-19(3)11-21(5)31-20(4)7-10-27(32)37-31/h7-10,12-13,15,17,19,21,33-34H,1,11,14,16H2,2-6H3,(H,36,40). The zero-order valence-corrected chi connectivity index (χ0v) is 25.3. The predicted molar refractivity (Wildman–Crippen MR) is 165 cm³/mol. The van der Waals surface area contributed by atoms with Crippen LogP contribution in [0.2, 0.25) is 0 Å². The van der Waals surface area contributed by atoms with Gasteiger partial charge in [-0.2, -0.15) is 5.10 Å². The van der Waals surface area contributed by atoms with E-state index >= 15 is 0 Å². The van der Waals surface area contributed by atoms with Crippen LogP contribution in [0, 0.1) is 25.2 Å². The number of aryl methyl sites for hydroxylation is 2. The van der Waals surface area contributed by atoms with E-state index in [0.717, 1.165) is 39.2 Å². The van der Waals surface area contributed by atoms with Gasteiger partial charge < -0.3 is 10.6 Å². The van der Waals surface area contributed by atoms with Gasteiger partial charge in [-0.1, -0.05) is 32.6 Å². The summed E-state index contributed by atoms with van der Waals surface area (Å²) in [7, 11) is 0. The van der Waals surface area contributed by atoms with Crippen molar-refractivity contribution in [3.63, 3.8) is 0 Å². The highest BCUT2D eigenvalue weighted by molar-refractivity contribution is 9.10. The van der Waals surface area contributed by atoms with Crippen LogP contribution in [0.3, 0.4) is 0 Å². The third-order valence-corrected chi connectivity index (χ3v) is 7.34. The molecule has 1 aromatic carbocycles.